The minimum atomic E-state index is 0. The molecule has 0 aliphatic heterocycles. The monoisotopic (exact) mass is 122 g/mol. The van der Waals surface area contributed by atoms with Gasteiger partial charge in [-0.15, -0.1) is 0 Å². The van der Waals surface area contributed by atoms with E-state index in [4.69, 9.17) is 11.2 Å². The molecule has 0 aromatic heterocycles. The SMILES string of the molecule is S=PCl.[NaH]. The van der Waals surface area contributed by atoms with Crippen molar-refractivity contribution in [1.29, 1.82) is 0 Å². The first-order valence-electron chi connectivity index (χ1n) is 0.352. The van der Waals surface area contributed by atoms with E-state index < -0.39 is 0 Å². The molecule has 4 heavy (non-hydrogen) atoms. The van der Waals surface area contributed by atoms with Gasteiger partial charge >= 0.3 is 29.6 Å². The molecule has 0 saturated carbocycles. The Hall–Kier alpha value is 1.81. The molecule has 0 spiro atoms. The van der Waals surface area contributed by atoms with Crippen molar-refractivity contribution in [2.75, 3.05) is 0 Å². The van der Waals surface area contributed by atoms with Gasteiger partial charge in [0, 0.05) is 0 Å². The molecule has 0 unspecified atom stereocenters. The first-order chi connectivity index (χ1) is 1.41. The van der Waals surface area contributed by atoms with E-state index in [9.17, 15) is 0 Å². The van der Waals surface area contributed by atoms with Crippen LogP contribution in [0, 0.1) is 0 Å². The molecule has 0 aromatic rings. The zero-order valence-corrected chi connectivity index (χ0v) is 3.70. The van der Waals surface area contributed by atoms with E-state index in [1.165, 1.54) is 0 Å². The summed E-state index contributed by atoms with van der Waals surface area (Å²) in [6.07, 6.45) is 0. The van der Waals surface area contributed by atoms with Crippen molar-refractivity contribution in [1.82, 2.24) is 0 Å². The molecule has 0 aliphatic carbocycles. The Kier molecular flexibility index (Phi) is 20.5. The van der Waals surface area contributed by atoms with Crippen molar-refractivity contribution in [3.05, 3.63) is 0 Å². The van der Waals surface area contributed by atoms with Gasteiger partial charge in [0.05, 0.1) is 6.71 Å². The van der Waals surface area contributed by atoms with Gasteiger partial charge in [-0.1, -0.05) is 0 Å². The molecule has 0 radical (unpaired) electrons. The van der Waals surface area contributed by atoms with Crippen LogP contribution in [-0.2, 0) is 11.8 Å². The molecule has 0 N–H and O–H groups in total. The van der Waals surface area contributed by atoms with Crippen LogP contribution in [0.5, 0.6) is 0 Å². The van der Waals surface area contributed by atoms with Crippen molar-refractivity contribution in [3.8, 4) is 0 Å². The van der Waals surface area contributed by atoms with Crippen LogP contribution >= 0.6 is 17.9 Å². The second kappa shape index (κ2) is 8.84. The fourth-order valence-electron chi connectivity index (χ4n) is 0. The quantitative estimate of drug-likeness (QED) is 0.340. The molecule has 0 nitrogen and oxygen atoms in total. The first-order valence-corrected chi connectivity index (χ1v) is 3.16. The van der Waals surface area contributed by atoms with Gasteiger partial charge in [0.15, 0.2) is 0 Å². The minimum absolute atomic E-state index is 0. The van der Waals surface area contributed by atoms with Crippen LogP contribution < -0.4 is 0 Å². The van der Waals surface area contributed by atoms with Crippen LogP contribution in [-0.4, -0.2) is 29.6 Å². The van der Waals surface area contributed by atoms with Crippen molar-refractivity contribution >= 4 is 59.3 Å². The third-order valence-corrected chi connectivity index (χ3v) is 0. The Bertz CT molecular complexity index is 15.5. The van der Waals surface area contributed by atoms with E-state index in [1.54, 1.807) is 0 Å². The first kappa shape index (κ1) is 9.26. The molecular weight excluding hydrogens is 121 g/mol. The molecule has 0 amide bonds. The average molecular weight is 122 g/mol. The van der Waals surface area contributed by atoms with E-state index in [0.29, 0.717) is 6.71 Å². The van der Waals surface area contributed by atoms with Crippen LogP contribution in [0.25, 0.3) is 0 Å². The van der Waals surface area contributed by atoms with E-state index in [0.717, 1.165) is 0 Å². The summed E-state index contributed by atoms with van der Waals surface area (Å²) in [4.78, 5) is 0. The molecule has 0 saturated heterocycles. The Balaban J connectivity index is 0. The van der Waals surface area contributed by atoms with Crippen molar-refractivity contribution < 1.29 is 0 Å². The molecule has 4 heteroatoms. The van der Waals surface area contributed by atoms with E-state index in [2.05, 4.69) is 11.8 Å². The van der Waals surface area contributed by atoms with Crippen molar-refractivity contribution in [2.45, 2.75) is 0 Å². The third-order valence-electron chi connectivity index (χ3n) is 0. The van der Waals surface area contributed by atoms with Crippen LogP contribution in [0.1, 0.15) is 0 Å². The van der Waals surface area contributed by atoms with E-state index in [1.807, 2.05) is 0 Å². The molecule has 0 aliphatic rings. The summed E-state index contributed by atoms with van der Waals surface area (Å²) in [7, 11) is 0. The van der Waals surface area contributed by atoms with Gasteiger partial charge in [-0.3, -0.25) is 0 Å². The topological polar surface area (TPSA) is 0 Å². The Morgan fingerprint density at radius 3 is 1.75 bits per heavy atom. The zero-order chi connectivity index (χ0) is 2.71. The summed E-state index contributed by atoms with van der Waals surface area (Å²) in [5, 5.41) is 0. The molecule has 0 heterocycles. The Morgan fingerprint density at radius 2 is 1.75 bits per heavy atom. The van der Waals surface area contributed by atoms with Crippen LogP contribution in [0.2, 0.25) is 0 Å². The fraction of sp³-hybridized carbons (Fsp3) is 0. The van der Waals surface area contributed by atoms with E-state index in [-0.39, 0.29) is 29.6 Å². The van der Waals surface area contributed by atoms with E-state index >= 15 is 0 Å². The van der Waals surface area contributed by atoms with Gasteiger partial charge in [0.2, 0.25) is 0 Å². The van der Waals surface area contributed by atoms with Gasteiger partial charge in [-0.05, 0) is 23.0 Å². The molecular formula is HClNaPS. The average Bonchev–Trinajstić information content (AvgIpc) is 0.918. The molecule has 20 valence electrons. The summed E-state index contributed by atoms with van der Waals surface area (Å²) in [5.74, 6) is 0. The second-order valence-electron chi connectivity index (χ2n) is 0.0690. The summed E-state index contributed by atoms with van der Waals surface area (Å²) < 4.78 is 0. The normalized spacial score (nSPS) is 5.25. The third kappa shape index (κ3) is 9.18. The molecule has 0 rings (SSSR count). The molecule has 0 atom stereocenters. The van der Waals surface area contributed by atoms with Crippen molar-refractivity contribution in [3.63, 3.8) is 0 Å². The predicted molar refractivity (Wildman–Crippen MR) is 27.3 cm³/mol. The van der Waals surface area contributed by atoms with Gasteiger partial charge < -0.3 is 0 Å². The second-order valence-corrected chi connectivity index (χ2v) is 1.86. The maximum absolute atomic E-state index is 4.79. The number of halogens is 1. The summed E-state index contributed by atoms with van der Waals surface area (Å²) in [6, 6.07) is 0. The zero-order valence-electron chi connectivity index (χ0n) is 1.23. The number of hydrogen-bond donors (Lipinski definition) is 0. The van der Waals surface area contributed by atoms with Gasteiger partial charge in [-0.25, -0.2) is 0 Å². The maximum atomic E-state index is 4.79. The fourth-order valence-corrected chi connectivity index (χ4v) is 0. The van der Waals surface area contributed by atoms with Crippen molar-refractivity contribution in [2.24, 2.45) is 0 Å². The van der Waals surface area contributed by atoms with Gasteiger partial charge in [-0.2, -0.15) is 0 Å². The van der Waals surface area contributed by atoms with Crippen LogP contribution in [0.4, 0.5) is 0 Å². The van der Waals surface area contributed by atoms with Gasteiger partial charge in [0.1, 0.15) is 0 Å². The Morgan fingerprint density at radius 1 is 1.75 bits per heavy atom. The standard InChI is InChI=1S/ClPS.Na.H/c1-2-3;;. The number of hydrogen-bond acceptors (Lipinski definition) is 1. The van der Waals surface area contributed by atoms with Crippen LogP contribution in [0.3, 0.4) is 0 Å². The predicted octanol–water partition coefficient (Wildman–Crippen LogP) is 0.900. The molecule has 0 aromatic carbocycles. The molecule has 0 fully saturated rings. The van der Waals surface area contributed by atoms with Gasteiger partial charge in [0.25, 0.3) is 0 Å². The number of rotatable bonds is 0. The summed E-state index contributed by atoms with van der Waals surface area (Å²) in [6.45, 7) is 0.472. The van der Waals surface area contributed by atoms with Crippen LogP contribution in [0.15, 0.2) is 0 Å². The Labute approximate surface area is 58.8 Å². The summed E-state index contributed by atoms with van der Waals surface area (Å²) >= 11 is 8.92. The molecule has 0 bridgehead atoms. The summed E-state index contributed by atoms with van der Waals surface area (Å²) in [5.41, 5.74) is 0.